The number of carbonyl (C=O) groups is 1. The Bertz CT molecular complexity index is 203. The van der Waals surface area contributed by atoms with Gasteiger partial charge in [-0.15, -0.1) is 0 Å². The van der Waals surface area contributed by atoms with Gasteiger partial charge in [-0.05, 0) is 31.6 Å². The van der Waals surface area contributed by atoms with Crippen LogP contribution in [-0.2, 0) is 4.79 Å². The Hall–Kier alpha value is -0.220. The molecule has 0 heterocycles. The number of rotatable bonds is 5. The van der Waals surface area contributed by atoms with Crippen LogP contribution in [0, 0.1) is 5.92 Å². The molecule has 0 aromatic carbocycles. The van der Waals surface area contributed by atoms with E-state index in [2.05, 4.69) is 6.92 Å². The molecule has 0 aliphatic heterocycles. The summed E-state index contributed by atoms with van der Waals surface area (Å²) in [7, 11) is 0. The Balaban J connectivity index is 2.16. The van der Waals surface area contributed by atoms with Crippen LogP contribution in [0.15, 0.2) is 0 Å². The number of carboxylic acid groups (broad SMARTS) is 1. The summed E-state index contributed by atoms with van der Waals surface area (Å²) in [4.78, 5) is 10.5. The fraction of sp³-hybridized carbons (Fsp3) is 0.909. The van der Waals surface area contributed by atoms with Crippen molar-refractivity contribution in [2.24, 2.45) is 11.7 Å². The van der Waals surface area contributed by atoms with Gasteiger partial charge in [0.1, 0.15) is 6.04 Å². The normalized spacial score (nSPS) is 28.7. The summed E-state index contributed by atoms with van der Waals surface area (Å²) >= 11 is 1.74. The lowest BCUT2D eigenvalue weighted by atomic mass is 9.87. The molecule has 1 saturated carbocycles. The molecule has 0 amide bonds. The Kier molecular flexibility index (Phi) is 5.47. The van der Waals surface area contributed by atoms with E-state index in [4.69, 9.17) is 10.8 Å². The largest absolute Gasteiger partial charge is 0.480 e. The molecule has 0 aromatic heterocycles. The zero-order valence-electron chi connectivity index (χ0n) is 9.32. The topological polar surface area (TPSA) is 63.3 Å². The minimum Gasteiger partial charge on any atom is -0.480 e. The summed E-state index contributed by atoms with van der Waals surface area (Å²) in [6.45, 7) is 2.25. The molecule has 3 nitrogen and oxygen atoms in total. The van der Waals surface area contributed by atoms with Crippen LogP contribution in [0.4, 0.5) is 0 Å². The van der Waals surface area contributed by atoms with Crippen molar-refractivity contribution >= 4 is 17.7 Å². The number of nitrogens with two attached hydrogens (primary N) is 1. The molecule has 15 heavy (non-hydrogen) atoms. The summed E-state index contributed by atoms with van der Waals surface area (Å²) in [6.07, 6.45) is 6.35. The van der Waals surface area contributed by atoms with E-state index in [0.717, 1.165) is 5.92 Å². The Morgan fingerprint density at radius 3 is 2.53 bits per heavy atom. The second kappa shape index (κ2) is 6.38. The fourth-order valence-electron chi connectivity index (χ4n) is 2.02. The molecule has 1 rings (SSSR count). The van der Waals surface area contributed by atoms with E-state index in [1.165, 1.54) is 32.1 Å². The maximum atomic E-state index is 10.5. The molecule has 1 fully saturated rings. The van der Waals surface area contributed by atoms with Crippen LogP contribution < -0.4 is 5.73 Å². The maximum Gasteiger partial charge on any atom is 0.321 e. The highest BCUT2D eigenvalue weighted by Gasteiger charge is 2.21. The van der Waals surface area contributed by atoms with Crippen molar-refractivity contribution in [1.29, 1.82) is 0 Å². The highest BCUT2D eigenvalue weighted by atomic mass is 32.2. The van der Waals surface area contributed by atoms with E-state index in [9.17, 15) is 4.79 Å². The first-order chi connectivity index (χ1) is 7.13. The van der Waals surface area contributed by atoms with E-state index >= 15 is 0 Å². The van der Waals surface area contributed by atoms with Crippen LogP contribution in [-0.4, -0.2) is 28.1 Å². The lowest BCUT2D eigenvalue weighted by Crippen LogP contribution is -2.33. The molecule has 0 saturated heterocycles. The molecule has 3 N–H and O–H groups in total. The van der Waals surface area contributed by atoms with Crippen molar-refractivity contribution in [2.45, 2.75) is 50.3 Å². The average molecular weight is 231 g/mol. The molecule has 1 aliphatic rings. The highest BCUT2D eigenvalue weighted by molar-refractivity contribution is 7.99. The molecule has 0 bridgehead atoms. The van der Waals surface area contributed by atoms with Crippen LogP contribution in [0.2, 0.25) is 0 Å². The second-order valence-corrected chi connectivity index (χ2v) is 5.66. The third-order valence-corrected chi connectivity index (χ3v) is 4.69. The lowest BCUT2D eigenvalue weighted by Gasteiger charge is -2.27. The molecule has 1 unspecified atom stereocenters. The highest BCUT2D eigenvalue weighted by Crippen LogP contribution is 2.33. The lowest BCUT2D eigenvalue weighted by molar-refractivity contribution is -0.137. The van der Waals surface area contributed by atoms with Crippen molar-refractivity contribution in [3.05, 3.63) is 0 Å². The van der Waals surface area contributed by atoms with Gasteiger partial charge in [-0.25, -0.2) is 0 Å². The molecule has 0 radical (unpaired) electrons. The van der Waals surface area contributed by atoms with E-state index in [0.29, 0.717) is 11.0 Å². The standard InChI is InChI=1S/C11H21NO2S/c1-2-8-3-5-9(6-4-8)15-7-10(12)11(13)14/h8-10H,2-7,12H2,1H3,(H,13,14). The number of hydrogen-bond acceptors (Lipinski definition) is 3. The third kappa shape index (κ3) is 4.43. The fourth-order valence-corrected chi connectivity index (χ4v) is 3.25. The SMILES string of the molecule is CCC1CCC(SCC(N)C(=O)O)CC1. The first-order valence-electron chi connectivity index (χ1n) is 5.73. The maximum absolute atomic E-state index is 10.5. The van der Waals surface area contributed by atoms with Gasteiger partial charge in [-0.3, -0.25) is 4.79 Å². The van der Waals surface area contributed by atoms with Crippen molar-refractivity contribution < 1.29 is 9.90 Å². The monoisotopic (exact) mass is 231 g/mol. The van der Waals surface area contributed by atoms with Crippen molar-refractivity contribution in [1.82, 2.24) is 0 Å². The van der Waals surface area contributed by atoms with Crippen LogP contribution in [0.25, 0.3) is 0 Å². The van der Waals surface area contributed by atoms with Gasteiger partial charge in [0.15, 0.2) is 0 Å². The van der Waals surface area contributed by atoms with Crippen molar-refractivity contribution in [2.75, 3.05) is 5.75 Å². The van der Waals surface area contributed by atoms with Gasteiger partial charge >= 0.3 is 5.97 Å². The minimum atomic E-state index is -0.884. The van der Waals surface area contributed by atoms with Gasteiger partial charge in [-0.2, -0.15) is 11.8 Å². The Morgan fingerprint density at radius 1 is 1.47 bits per heavy atom. The van der Waals surface area contributed by atoms with Crippen LogP contribution in [0.5, 0.6) is 0 Å². The van der Waals surface area contributed by atoms with Gasteiger partial charge < -0.3 is 10.8 Å². The number of hydrogen-bond donors (Lipinski definition) is 2. The first-order valence-corrected chi connectivity index (χ1v) is 6.78. The Morgan fingerprint density at radius 2 is 2.07 bits per heavy atom. The van der Waals surface area contributed by atoms with E-state index in [-0.39, 0.29) is 0 Å². The number of aliphatic carboxylic acids is 1. The Labute approximate surface area is 95.8 Å². The molecule has 88 valence electrons. The molecule has 1 atom stereocenters. The molecular formula is C11H21NO2S. The van der Waals surface area contributed by atoms with E-state index < -0.39 is 12.0 Å². The predicted octanol–water partition coefficient (Wildman–Crippen LogP) is 2.10. The second-order valence-electron chi connectivity index (χ2n) is 4.33. The third-order valence-electron chi connectivity index (χ3n) is 3.20. The van der Waals surface area contributed by atoms with Crippen molar-refractivity contribution in [3.8, 4) is 0 Å². The summed E-state index contributed by atoms with van der Waals surface area (Å²) in [5.41, 5.74) is 5.47. The van der Waals surface area contributed by atoms with Gasteiger partial charge in [0.05, 0.1) is 0 Å². The predicted molar refractivity (Wildman–Crippen MR) is 64.1 cm³/mol. The summed E-state index contributed by atoms with van der Waals surface area (Å²) in [5, 5.41) is 9.29. The van der Waals surface area contributed by atoms with E-state index in [1.54, 1.807) is 11.8 Å². The summed E-state index contributed by atoms with van der Waals surface area (Å²) < 4.78 is 0. The molecular weight excluding hydrogens is 210 g/mol. The minimum absolute atomic E-state index is 0.552. The quantitative estimate of drug-likeness (QED) is 0.760. The first kappa shape index (κ1) is 12.8. The van der Waals surface area contributed by atoms with Gasteiger partial charge in [-0.1, -0.05) is 13.3 Å². The van der Waals surface area contributed by atoms with Crippen LogP contribution in [0.1, 0.15) is 39.0 Å². The summed E-state index contributed by atoms with van der Waals surface area (Å²) in [5.74, 6) is 0.566. The summed E-state index contributed by atoms with van der Waals surface area (Å²) in [6, 6.07) is -0.695. The average Bonchev–Trinajstić information content (AvgIpc) is 2.26. The smallest absolute Gasteiger partial charge is 0.321 e. The van der Waals surface area contributed by atoms with Crippen molar-refractivity contribution in [3.63, 3.8) is 0 Å². The molecule has 0 aromatic rings. The van der Waals surface area contributed by atoms with Crippen LogP contribution >= 0.6 is 11.8 Å². The van der Waals surface area contributed by atoms with E-state index in [1.807, 2.05) is 0 Å². The molecule has 1 aliphatic carbocycles. The molecule has 0 spiro atoms. The molecule has 4 heteroatoms. The van der Waals surface area contributed by atoms with Crippen LogP contribution in [0.3, 0.4) is 0 Å². The van der Waals surface area contributed by atoms with Gasteiger partial charge in [0.25, 0.3) is 0 Å². The number of carboxylic acids is 1. The number of thioether (sulfide) groups is 1. The zero-order valence-corrected chi connectivity index (χ0v) is 10.1. The zero-order chi connectivity index (χ0) is 11.3. The van der Waals surface area contributed by atoms with Gasteiger partial charge in [0, 0.05) is 11.0 Å². The van der Waals surface area contributed by atoms with Gasteiger partial charge in [0.2, 0.25) is 0 Å².